The molecule has 2 aromatic heterocycles. The fourth-order valence-electron chi connectivity index (χ4n) is 5.40. The highest BCUT2D eigenvalue weighted by Gasteiger charge is 2.29. The van der Waals surface area contributed by atoms with Crippen LogP contribution in [0.4, 0.5) is 11.4 Å². The first-order valence-corrected chi connectivity index (χ1v) is 14.4. The monoisotopic (exact) mass is 587 g/mol. The summed E-state index contributed by atoms with van der Waals surface area (Å²) in [4.78, 5) is 44.8. The fourth-order valence-corrected chi connectivity index (χ4v) is 5.40. The predicted octanol–water partition coefficient (Wildman–Crippen LogP) is 3.63. The van der Waals surface area contributed by atoms with Crippen LogP contribution in [0.2, 0.25) is 0 Å². The van der Waals surface area contributed by atoms with Gasteiger partial charge >= 0.3 is 0 Å². The Morgan fingerprint density at radius 3 is 2.73 bits per heavy atom. The number of carbonyl (C=O) groups excluding carboxylic acids is 2. The van der Waals surface area contributed by atoms with E-state index in [1.165, 1.54) is 16.2 Å². The second kappa shape index (κ2) is 12.4. The van der Waals surface area contributed by atoms with Gasteiger partial charge in [-0.15, -0.1) is 0 Å². The molecule has 0 atom stereocenters. The summed E-state index contributed by atoms with van der Waals surface area (Å²) in [5.74, 6) is 0.0642. The second-order valence-electron chi connectivity index (χ2n) is 11.0. The van der Waals surface area contributed by atoms with Gasteiger partial charge in [0, 0.05) is 55.2 Å². The van der Waals surface area contributed by atoms with Gasteiger partial charge in [-0.05, 0) is 66.7 Å². The lowest BCUT2D eigenvalue weighted by Gasteiger charge is -2.25. The van der Waals surface area contributed by atoms with Gasteiger partial charge in [-0.3, -0.25) is 19.4 Å². The number of rotatable bonds is 8. The Morgan fingerprint density at radius 2 is 1.91 bits per heavy atom. The molecule has 2 aliphatic rings. The zero-order valence-electron chi connectivity index (χ0n) is 24.6. The Hall–Kier alpha value is -5.48. The molecule has 0 fully saturated rings. The van der Waals surface area contributed by atoms with Gasteiger partial charge in [0.1, 0.15) is 11.4 Å². The van der Waals surface area contributed by atoms with Crippen LogP contribution in [-0.2, 0) is 24.4 Å². The van der Waals surface area contributed by atoms with Crippen LogP contribution < -0.4 is 26.8 Å². The summed E-state index contributed by atoms with van der Waals surface area (Å²) >= 11 is 0. The summed E-state index contributed by atoms with van der Waals surface area (Å²) < 4.78 is 1.49. The lowest BCUT2D eigenvalue weighted by atomic mass is 10.0. The molecule has 4 aromatic rings. The number of benzene rings is 2. The van der Waals surface area contributed by atoms with Crippen LogP contribution in [0, 0.1) is 0 Å². The summed E-state index contributed by atoms with van der Waals surface area (Å²) in [7, 11) is 4.09. The highest BCUT2D eigenvalue weighted by Crippen LogP contribution is 2.36. The number of pyridine rings is 2. The van der Waals surface area contributed by atoms with E-state index in [0.29, 0.717) is 24.5 Å². The number of fused-ring (bicyclic) bond motifs is 2. The maximum absolute atomic E-state index is 13.0. The van der Waals surface area contributed by atoms with Gasteiger partial charge in [0.05, 0.1) is 12.1 Å². The summed E-state index contributed by atoms with van der Waals surface area (Å²) in [5, 5.41) is 12.5. The van der Waals surface area contributed by atoms with Gasteiger partial charge in [-0.2, -0.15) is 0 Å². The SMILES string of the molecule is CN(C)Cc1ccc2c(c1)CNC(=C1C(=O)Nc3cc(/C=C/CNC(=O)c4cccn(Cc5cccnc5)c4=O)ccc31)N2. The Bertz CT molecular complexity index is 1860. The molecule has 4 N–H and O–H groups in total. The molecule has 2 aliphatic heterocycles. The highest BCUT2D eigenvalue weighted by atomic mass is 16.2. The van der Waals surface area contributed by atoms with Gasteiger partial charge in [0.2, 0.25) is 0 Å². The molecular formula is C34H33N7O3. The van der Waals surface area contributed by atoms with E-state index in [-0.39, 0.29) is 23.6 Å². The van der Waals surface area contributed by atoms with E-state index in [2.05, 4.69) is 49.4 Å². The van der Waals surface area contributed by atoms with Crippen LogP contribution in [0.5, 0.6) is 0 Å². The third-order valence-corrected chi connectivity index (χ3v) is 7.45. The number of nitrogens with one attached hydrogen (secondary N) is 4. The Balaban J connectivity index is 1.10. The van der Waals surface area contributed by atoms with Gasteiger partial charge in [0.25, 0.3) is 17.4 Å². The van der Waals surface area contributed by atoms with Gasteiger partial charge in [0.15, 0.2) is 0 Å². The molecule has 6 rings (SSSR count). The van der Waals surface area contributed by atoms with E-state index < -0.39 is 5.91 Å². The standard InChI is InChI=1S/C34H33N7O3/c1-40(2)20-23-10-12-28-25(16-23)19-37-31(38-28)30-26-11-9-22(17-29(26)39-33(30)43)6-4-14-36-32(42)27-8-5-15-41(34(27)44)21-24-7-3-13-35-18-24/h3-13,15-18,37-38H,14,19-21H2,1-2H3,(H,36,42)(H,39,43)/b6-4+,31-30?. The highest BCUT2D eigenvalue weighted by molar-refractivity contribution is 6.32. The molecule has 0 radical (unpaired) electrons. The van der Waals surface area contributed by atoms with Gasteiger partial charge in [-0.25, -0.2) is 0 Å². The number of aromatic nitrogens is 2. The molecule has 0 bridgehead atoms. The molecule has 44 heavy (non-hydrogen) atoms. The van der Waals surface area contributed by atoms with Crippen molar-refractivity contribution in [1.82, 2.24) is 25.1 Å². The van der Waals surface area contributed by atoms with Crippen molar-refractivity contribution < 1.29 is 9.59 Å². The lowest BCUT2D eigenvalue weighted by molar-refractivity contribution is -0.110. The minimum Gasteiger partial charge on any atom is -0.367 e. The van der Waals surface area contributed by atoms with E-state index in [0.717, 1.165) is 40.2 Å². The van der Waals surface area contributed by atoms with Crippen LogP contribution in [0.3, 0.4) is 0 Å². The molecule has 2 aromatic carbocycles. The third kappa shape index (κ3) is 6.16. The predicted molar refractivity (Wildman–Crippen MR) is 172 cm³/mol. The molecule has 222 valence electrons. The van der Waals surface area contributed by atoms with Gasteiger partial charge < -0.3 is 30.7 Å². The van der Waals surface area contributed by atoms with Crippen molar-refractivity contribution in [1.29, 1.82) is 0 Å². The molecule has 2 amide bonds. The normalized spacial score (nSPS) is 15.4. The van der Waals surface area contributed by atoms with Crippen molar-refractivity contribution in [2.45, 2.75) is 19.6 Å². The minimum atomic E-state index is -0.444. The first-order chi connectivity index (χ1) is 21.4. The average Bonchev–Trinajstić information content (AvgIpc) is 3.35. The summed E-state index contributed by atoms with van der Waals surface area (Å²) in [6.45, 7) is 2.05. The van der Waals surface area contributed by atoms with Crippen molar-refractivity contribution in [3.8, 4) is 0 Å². The topological polar surface area (TPSA) is 120 Å². The van der Waals surface area contributed by atoms with Crippen molar-refractivity contribution in [2.75, 3.05) is 31.3 Å². The molecule has 0 aliphatic carbocycles. The average molecular weight is 588 g/mol. The maximum atomic E-state index is 13.0. The van der Waals surface area contributed by atoms with Gasteiger partial charge in [-0.1, -0.05) is 42.5 Å². The first kappa shape index (κ1) is 28.6. The minimum absolute atomic E-state index is 0.0761. The first-order valence-electron chi connectivity index (χ1n) is 14.4. The lowest BCUT2D eigenvalue weighted by Crippen LogP contribution is -2.33. The van der Waals surface area contributed by atoms with E-state index >= 15 is 0 Å². The Labute approximate surface area is 255 Å². The number of carbonyl (C=O) groups is 2. The van der Waals surface area contributed by atoms with E-state index in [1.54, 1.807) is 36.8 Å². The molecule has 4 heterocycles. The fraction of sp³-hybridized carbons (Fsp3) is 0.176. The Morgan fingerprint density at radius 1 is 1.02 bits per heavy atom. The largest absolute Gasteiger partial charge is 0.367 e. The quantitative estimate of drug-likeness (QED) is 0.233. The van der Waals surface area contributed by atoms with Crippen LogP contribution in [0.25, 0.3) is 11.6 Å². The molecule has 10 heteroatoms. The van der Waals surface area contributed by atoms with Crippen molar-refractivity contribution in [3.05, 3.63) is 135 Å². The summed E-state index contributed by atoms with van der Waals surface area (Å²) in [5.41, 5.74) is 6.93. The number of hydrogen-bond acceptors (Lipinski definition) is 7. The van der Waals surface area contributed by atoms with Crippen LogP contribution in [0.15, 0.2) is 95.9 Å². The third-order valence-electron chi connectivity index (χ3n) is 7.45. The number of nitrogens with zero attached hydrogens (tertiary/aromatic N) is 3. The van der Waals surface area contributed by atoms with Crippen molar-refractivity contribution >= 4 is 34.8 Å². The maximum Gasteiger partial charge on any atom is 0.263 e. The van der Waals surface area contributed by atoms with Crippen LogP contribution >= 0.6 is 0 Å². The van der Waals surface area contributed by atoms with E-state index in [4.69, 9.17) is 0 Å². The van der Waals surface area contributed by atoms with E-state index in [9.17, 15) is 14.4 Å². The molecule has 10 nitrogen and oxygen atoms in total. The molecule has 0 saturated carbocycles. The second-order valence-corrected chi connectivity index (χ2v) is 11.0. The van der Waals surface area contributed by atoms with Crippen molar-refractivity contribution in [2.24, 2.45) is 0 Å². The smallest absolute Gasteiger partial charge is 0.263 e. The summed E-state index contributed by atoms with van der Waals surface area (Å²) in [6.07, 6.45) is 8.68. The zero-order valence-corrected chi connectivity index (χ0v) is 24.6. The molecule has 0 unspecified atom stereocenters. The Kier molecular flexibility index (Phi) is 8.07. The molecule has 0 spiro atoms. The number of anilines is 2. The van der Waals surface area contributed by atoms with Crippen LogP contribution in [-0.4, -0.2) is 46.9 Å². The van der Waals surface area contributed by atoms with Crippen LogP contribution in [0.1, 0.15) is 38.2 Å². The summed E-state index contributed by atoms with van der Waals surface area (Å²) in [6, 6.07) is 19.0. The number of hydrogen-bond donors (Lipinski definition) is 4. The molecular weight excluding hydrogens is 554 g/mol. The zero-order chi connectivity index (χ0) is 30.6. The molecule has 0 saturated heterocycles. The van der Waals surface area contributed by atoms with Crippen molar-refractivity contribution in [3.63, 3.8) is 0 Å². The van der Waals surface area contributed by atoms with E-state index in [1.807, 2.05) is 44.4 Å². The number of amides is 2.